The summed E-state index contributed by atoms with van der Waals surface area (Å²) in [7, 11) is -2.99. The number of hydrogen-bond acceptors (Lipinski definition) is 3. The summed E-state index contributed by atoms with van der Waals surface area (Å²) in [5.41, 5.74) is 7.19. The lowest BCUT2D eigenvalue weighted by atomic mass is 10.0. The Bertz CT molecular complexity index is 498. The summed E-state index contributed by atoms with van der Waals surface area (Å²) >= 11 is 3.38. The van der Waals surface area contributed by atoms with E-state index in [1.807, 2.05) is 24.3 Å². The van der Waals surface area contributed by atoms with Gasteiger partial charge in [-0.3, -0.25) is 0 Å². The Balaban J connectivity index is 2.07. The molecule has 0 aromatic heterocycles. The molecule has 0 radical (unpaired) electrons. The zero-order valence-corrected chi connectivity index (χ0v) is 12.6. The topological polar surface area (TPSA) is 60.2 Å². The van der Waals surface area contributed by atoms with Crippen molar-refractivity contribution in [2.75, 3.05) is 5.75 Å². The summed E-state index contributed by atoms with van der Waals surface area (Å²) in [6.07, 6.45) is 3.08. The molecule has 0 amide bonds. The van der Waals surface area contributed by atoms with Crippen LogP contribution in [0.1, 0.15) is 24.8 Å². The van der Waals surface area contributed by atoms with Crippen LogP contribution in [0.15, 0.2) is 28.7 Å². The lowest BCUT2D eigenvalue weighted by molar-refractivity contribution is 0.495. The van der Waals surface area contributed by atoms with Crippen molar-refractivity contribution in [2.24, 2.45) is 5.73 Å². The molecule has 1 aliphatic heterocycles. The van der Waals surface area contributed by atoms with E-state index in [4.69, 9.17) is 5.73 Å². The van der Waals surface area contributed by atoms with Crippen molar-refractivity contribution < 1.29 is 8.42 Å². The molecular formula is C13H18BrNO2S. The Morgan fingerprint density at radius 1 is 1.28 bits per heavy atom. The Kier molecular flexibility index (Phi) is 4.45. The molecule has 2 unspecified atom stereocenters. The Morgan fingerprint density at radius 2 is 1.94 bits per heavy atom. The molecule has 5 heteroatoms. The van der Waals surface area contributed by atoms with Gasteiger partial charge >= 0.3 is 0 Å². The van der Waals surface area contributed by atoms with Gasteiger partial charge in [-0.25, -0.2) is 8.42 Å². The number of halogens is 1. The molecule has 1 fully saturated rings. The molecule has 2 atom stereocenters. The lowest BCUT2D eigenvalue weighted by Crippen LogP contribution is -2.44. The molecule has 18 heavy (non-hydrogen) atoms. The van der Waals surface area contributed by atoms with Crippen molar-refractivity contribution in [1.29, 1.82) is 0 Å². The van der Waals surface area contributed by atoms with Gasteiger partial charge in [0.1, 0.15) is 0 Å². The molecule has 2 N–H and O–H groups in total. The van der Waals surface area contributed by atoms with Gasteiger partial charge in [0.25, 0.3) is 0 Å². The molecule has 0 aliphatic carbocycles. The second-order valence-corrected chi connectivity index (χ2v) is 8.15. The van der Waals surface area contributed by atoms with Crippen molar-refractivity contribution in [3.8, 4) is 0 Å². The molecule has 1 aromatic carbocycles. The quantitative estimate of drug-likeness (QED) is 0.924. The minimum Gasteiger partial charge on any atom is -0.326 e. The Morgan fingerprint density at radius 3 is 2.56 bits per heavy atom. The molecule has 1 heterocycles. The van der Waals surface area contributed by atoms with Crippen molar-refractivity contribution in [3.05, 3.63) is 34.3 Å². The molecule has 1 saturated heterocycles. The third-order valence-corrected chi connectivity index (χ3v) is 6.39. The van der Waals surface area contributed by atoms with Crippen LogP contribution in [0.3, 0.4) is 0 Å². The monoisotopic (exact) mass is 331 g/mol. The van der Waals surface area contributed by atoms with Gasteiger partial charge in [0, 0.05) is 10.5 Å². The minimum absolute atomic E-state index is 0.295. The van der Waals surface area contributed by atoms with E-state index in [0.717, 1.165) is 22.9 Å². The average molecular weight is 332 g/mol. The number of hydrogen-bond donors (Lipinski definition) is 1. The zero-order valence-electron chi connectivity index (χ0n) is 10.2. The van der Waals surface area contributed by atoms with Crippen LogP contribution in [-0.4, -0.2) is 25.5 Å². The first-order valence-corrected chi connectivity index (χ1v) is 8.71. The summed E-state index contributed by atoms with van der Waals surface area (Å²) in [4.78, 5) is 0. The van der Waals surface area contributed by atoms with Crippen LogP contribution < -0.4 is 5.73 Å². The average Bonchev–Trinajstić information content (AvgIpc) is 2.31. The number of nitrogens with two attached hydrogens (primary N) is 1. The van der Waals surface area contributed by atoms with E-state index in [0.29, 0.717) is 18.6 Å². The third kappa shape index (κ3) is 3.33. The third-order valence-electron chi connectivity index (χ3n) is 3.49. The normalized spacial score (nSPS) is 24.7. The number of sulfone groups is 1. The molecular weight excluding hydrogens is 314 g/mol. The van der Waals surface area contributed by atoms with Gasteiger partial charge in [0.2, 0.25) is 0 Å². The summed E-state index contributed by atoms with van der Waals surface area (Å²) < 4.78 is 25.0. The largest absolute Gasteiger partial charge is 0.326 e. The van der Waals surface area contributed by atoms with Gasteiger partial charge in [0.05, 0.1) is 11.0 Å². The van der Waals surface area contributed by atoms with Crippen LogP contribution in [0, 0.1) is 0 Å². The van der Waals surface area contributed by atoms with E-state index in [-0.39, 0.29) is 11.3 Å². The second kappa shape index (κ2) is 5.72. The molecule has 0 spiro atoms. The molecule has 3 nitrogen and oxygen atoms in total. The highest BCUT2D eigenvalue weighted by molar-refractivity contribution is 9.10. The molecule has 1 aromatic rings. The van der Waals surface area contributed by atoms with Gasteiger partial charge < -0.3 is 5.73 Å². The van der Waals surface area contributed by atoms with Crippen molar-refractivity contribution >= 4 is 25.8 Å². The van der Waals surface area contributed by atoms with Crippen molar-refractivity contribution in [3.63, 3.8) is 0 Å². The highest BCUT2D eigenvalue weighted by atomic mass is 79.9. The van der Waals surface area contributed by atoms with Gasteiger partial charge in [-0.15, -0.1) is 0 Å². The van der Waals surface area contributed by atoms with Gasteiger partial charge in [0.15, 0.2) is 9.84 Å². The highest BCUT2D eigenvalue weighted by Crippen LogP contribution is 2.23. The molecule has 2 rings (SSSR count). The molecule has 0 saturated carbocycles. The summed E-state index contributed by atoms with van der Waals surface area (Å²) in [5, 5.41) is -0.366. The first kappa shape index (κ1) is 14.0. The fourth-order valence-corrected chi connectivity index (χ4v) is 4.81. The Hall–Kier alpha value is -0.390. The fourth-order valence-electron chi connectivity index (χ4n) is 2.48. The van der Waals surface area contributed by atoms with Crippen LogP contribution >= 0.6 is 15.9 Å². The van der Waals surface area contributed by atoms with Gasteiger partial charge in [-0.1, -0.05) is 34.5 Å². The number of rotatable bonds is 3. The van der Waals surface area contributed by atoms with Gasteiger partial charge in [-0.05, 0) is 37.0 Å². The predicted molar refractivity (Wildman–Crippen MR) is 77.2 cm³/mol. The summed E-state index contributed by atoms with van der Waals surface area (Å²) in [6, 6.07) is 7.59. The van der Waals surface area contributed by atoms with Crippen LogP contribution in [0.2, 0.25) is 0 Å². The van der Waals surface area contributed by atoms with Crippen LogP contribution in [-0.2, 0) is 16.3 Å². The first-order chi connectivity index (χ1) is 8.49. The first-order valence-electron chi connectivity index (χ1n) is 6.20. The second-order valence-electron chi connectivity index (χ2n) is 4.90. The van der Waals surface area contributed by atoms with Crippen molar-refractivity contribution in [2.45, 2.75) is 37.0 Å². The maximum Gasteiger partial charge on any atom is 0.154 e. The van der Waals surface area contributed by atoms with Crippen LogP contribution in [0.4, 0.5) is 0 Å². The van der Waals surface area contributed by atoms with E-state index in [1.54, 1.807) is 0 Å². The summed E-state index contributed by atoms with van der Waals surface area (Å²) in [6.45, 7) is 0. The Labute approximate surface area is 117 Å². The van der Waals surface area contributed by atoms with Crippen molar-refractivity contribution in [1.82, 2.24) is 0 Å². The van der Waals surface area contributed by atoms with E-state index >= 15 is 0 Å². The maximum absolute atomic E-state index is 12.0. The molecule has 100 valence electrons. The highest BCUT2D eigenvalue weighted by Gasteiger charge is 2.33. The van der Waals surface area contributed by atoms with E-state index in [2.05, 4.69) is 15.9 Å². The standard InChI is InChI=1S/C13H18BrNO2S/c14-11-6-4-10(5-7-11)9-12(15)13-3-1-2-8-18(13,16)17/h4-7,12-13H,1-3,8-9,15H2. The molecule has 1 aliphatic rings. The van der Waals surface area contributed by atoms with Crippen LogP contribution in [0.5, 0.6) is 0 Å². The van der Waals surface area contributed by atoms with Crippen LogP contribution in [0.25, 0.3) is 0 Å². The minimum atomic E-state index is -2.99. The lowest BCUT2D eigenvalue weighted by Gasteiger charge is -2.27. The van der Waals surface area contributed by atoms with Gasteiger partial charge in [-0.2, -0.15) is 0 Å². The van der Waals surface area contributed by atoms with E-state index in [1.165, 1.54) is 0 Å². The number of benzene rings is 1. The SMILES string of the molecule is NC(Cc1ccc(Br)cc1)C1CCCCS1(=O)=O. The summed E-state index contributed by atoms with van der Waals surface area (Å²) in [5.74, 6) is 0.297. The fraction of sp³-hybridized carbons (Fsp3) is 0.538. The molecule has 0 bridgehead atoms. The predicted octanol–water partition coefficient (Wildman–Crippen LogP) is 2.29. The van der Waals surface area contributed by atoms with E-state index in [9.17, 15) is 8.42 Å². The maximum atomic E-state index is 12.0. The zero-order chi connectivity index (χ0) is 13.2. The smallest absolute Gasteiger partial charge is 0.154 e. The van der Waals surface area contributed by atoms with E-state index < -0.39 is 9.84 Å².